The van der Waals surface area contributed by atoms with Crippen LogP contribution in [-0.4, -0.2) is 18.3 Å². The van der Waals surface area contributed by atoms with E-state index in [1.54, 1.807) is 0 Å². The molecule has 0 atom stereocenters. The highest BCUT2D eigenvalue weighted by Crippen LogP contribution is 2.36. The minimum atomic E-state index is 0.154. The van der Waals surface area contributed by atoms with Crippen LogP contribution in [0.15, 0.2) is 24.3 Å². The largest absolute Gasteiger partial charge is 0.396 e. The van der Waals surface area contributed by atoms with Crippen LogP contribution in [-0.2, 0) is 13.0 Å². The maximum absolute atomic E-state index is 9.57. The molecule has 0 spiro atoms. The van der Waals surface area contributed by atoms with Crippen molar-refractivity contribution in [3.63, 3.8) is 0 Å². The van der Waals surface area contributed by atoms with Gasteiger partial charge in [-0.3, -0.25) is 0 Å². The second-order valence-corrected chi connectivity index (χ2v) is 5.59. The predicted molar refractivity (Wildman–Crippen MR) is 75.5 cm³/mol. The van der Waals surface area contributed by atoms with Crippen molar-refractivity contribution in [1.82, 2.24) is 5.32 Å². The zero-order valence-corrected chi connectivity index (χ0v) is 11.4. The maximum atomic E-state index is 9.57. The van der Waals surface area contributed by atoms with Crippen molar-refractivity contribution >= 4 is 0 Å². The van der Waals surface area contributed by atoms with Gasteiger partial charge in [0, 0.05) is 25.1 Å². The Morgan fingerprint density at radius 2 is 1.83 bits per heavy atom. The van der Waals surface area contributed by atoms with Crippen molar-refractivity contribution in [2.24, 2.45) is 5.41 Å². The summed E-state index contributed by atoms with van der Waals surface area (Å²) < 4.78 is 0. The Kier molecular flexibility index (Phi) is 4.79. The maximum Gasteiger partial charge on any atom is 0.0499 e. The Bertz CT molecular complexity index is 369. The summed E-state index contributed by atoms with van der Waals surface area (Å²) in [7, 11) is 0. The summed E-state index contributed by atoms with van der Waals surface area (Å²) in [5.41, 5.74) is 2.97. The zero-order chi connectivity index (χ0) is 12.8. The van der Waals surface area contributed by atoms with Crippen LogP contribution < -0.4 is 5.32 Å². The number of rotatable bonds is 6. The smallest absolute Gasteiger partial charge is 0.0499 e. The van der Waals surface area contributed by atoms with Crippen molar-refractivity contribution in [1.29, 1.82) is 0 Å². The van der Waals surface area contributed by atoms with Crippen molar-refractivity contribution in [3.8, 4) is 0 Å². The van der Waals surface area contributed by atoms with Crippen LogP contribution in [0.1, 0.15) is 43.7 Å². The van der Waals surface area contributed by atoms with Crippen molar-refractivity contribution in [2.45, 2.75) is 45.6 Å². The lowest BCUT2D eigenvalue weighted by Gasteiger charge is -2.27. The second-order valence-electron chi connectivity index (χ2n) is 5.59. The monoisotopic (exact) mass is 247 g/mol. The lowest BCUT2D eigenvalue weighted by atomic mass is 9.87. The summed E-state index contributed by atoms with van der Waals surface area (Å²) in [4.78, 5) is 0. The molecule has 1 fully saturated rings. The molecule has 0 amide bonds. The summed E-state index contributed by atoms with van der Waals surface area (Å²) in [6.07, 6.45) is 5.97. The lowest BCUT2D eigenvalue weighted by Crippen LogP contribution is -2.35. The van der Waals surface area contributed by atoms with Gasteiger partial charge in [0.2, 0.25) is 0 Å². The normalized spacial score (nSPS) is 18.1. The second kappa shape index (κ2) is 6.35. The predicted octanol–water partition coefficient (Wildman–Crippen LogP) is 2.89. The third kappa shape index (κ3) is 3.12. The first-order chi connectivity index (χ1) is 8.79. The number of nitrogens with one attached hydrogen (secondary N) is 1. The van der Waals surface area contributed by atoms with E-state index in [-0.39, 0.29) is 5.41 Å². The van der Waals surface area contributed by atoms with Gasteiger partial charge in [0.15, 0.2) is 0 Å². The van der Waals surface area contributed by atoms with Crippen LogP contribution in [0.4, 0.5) is 0 Å². The van der Waals surface area contributed by atoms with Crippen molar-refractivity contribution < 1.29 is 5.11 Å². The van der Waals surface area contributed by atoms with E-state index in [1.165, 1.54) is 36.8 Å². The highest BCUT2D eigenvalue weighted by Gasteiger charge is 2.32. The molecule has 2 nitrogen and oxygen atoms in total. The van der Waals surface area contributed by atoms with E-state index in [9.17, 15) is 5.11 Å². The molecule has 1 saturated carbocycles. The molecule has 1 aliphatic rings. The molecule has 0 unspecified atom stereocenters. The van der Waals surface area contributed by atoms with Crippen LogP contribution in [0.3, 0.4) is 0 Å². The van der Waals surface area contributed by atoms with Gasteiger partial charge in [0.05, 0.1) is 0 Å². The minimum Gasteiger partial charge on any atom is -0.396 e. The molecule has 1 aromatic carbocycles. The third-order valence-corrected chi connectivity index (χ3v) is 4.31. The number of aliphatic hydroxyl groups excluding tert-OH is 1. The van der Waals surface area contributed by atoms with E-state index in [0.717, 1.165) is 19.5 Å². The van der Waals surface area contributed by atoms with Gasteiger partial charge in [-0.2, -0.15) is 0 Å². The molecule has 0 radical (unpaired) electrons. The lowest BCUT2D eigenvalue weighted by molar-refractivity contribution is 0.128. The first kappa shape index (κ1) is 13.6. The highest BCUT2D eigenvalue weighted by atomic mass is 16.3. The Labute approximate surface area is 110 Å². The fourth-order valence-corrected chi connectivity index (χ4v) is 3.05. The molecule has 100 valence electrons. The topological polar surface area (TPSA) is 32.3 Å². The molecule has 0 heterocycles. The van der Waals surface area contributed by atoms with Crippen LogP contribution in [0.25, 0.3) is 0 Å². The molecule has 0 aliphatic heterocycles. The molecular formula is C16H25NO. The first-order valence-corrected chi connectivity index (χ1v) is 7.18. The number of hydrogen-bond donors (Lipinski definition) is 2. The van der Waals surface area contributed by atoms with Crippen LogP contribution in [0.2, 0.25) is 0 Å². The van der Waals surface area contributed by atoms with Crippen molar-refractivity contribution in [3.05, 3.63) is 35.4 Å². The van der Waals surface area contributed by atoms with Crippen molar-refractivity contribution in [2.75, 3.05) is 13.2 Å². The Morgan fingerprint density at radius 3 is 2.44 bits per heavy atom. The van der Waals surface area contributed by atoms with Gasteiger partial charge >= 0.3 is 0 Å². The molecule has 2 heteroatoms. The highest BCUT2D eigenvalue weighted by molar-refractivity contribution is 5.26. The molecule has 18 heavy (non-hydrogen) atoms. The van der Waals surface area contributed by atoms with Crippen LogP contribution in [0, 0.1) is 5.41 Å². The quantitative estimate of drug-likeness (QED) is 0.810. The van der Waals surface area contributed by atoms with Gasteiger partial charge in [-0.25, -0.2) is 0 Å². The summed E-state index contributed by atoms with van der Waals surface area (Å²) in [5.74, 6) is 0. The van der Waals surface area contributed by atoms with E-state index in [0.29, 0.717) is 6.61 Å². The molecular weight excluding hydrogens is 222 g/mol. The van der Waals surface area contributed by atoms with Gasteiger partial charge in [0.1, 0.15) is 0 Å². The van der Waals surface area contributed by atoms with E-state index in [2.05, 4.69) is 36.5 Å². The molecule has 0 saturated heterocycles. The van der Waals surface area contributed by atoms with Gasteiger partial charge in [-0.05, 0) is 30.4 Å². The molecule has 2 N–H and O–H groups in total. The van der Waals surface area contributed by atoms with Gasteiger partial charge in [0.25, 0.3) is 0 Å². The number of benzene rings is 1. The standard InChI is InChI=1S/C16H25NO/c1-2-14-7-3-4-8-15(14)11-17-12-16(13-18)9-5-6-10-16/h3-4,7-8,17-18H,2,5-6,9-13H2,1H3. The Balaban J connectivity index is 1.88. The minimum absolute atomic E-state index is 0.154. The average Bonchev–Trinajstić information content (AvgIpc) is 2.89. The summed E-state index contributed by atoms with van der Waals surface area (Å²) in [6, 6.07) is 8.61. The van der Waals surface area contributed by atoms with E-state index < -0.39 is 0 Å². The summed E-state index contributed by atoms with van der Waals surface area (Å²) >= 11 is 0. The SMILES string of the molecule is CCc1ccccc1CNCC1(CO)CCCC1. The van der Waals surface area contributed by atoms with E-state index in [4.69, 9.17) is 0 Å². The van der Waals surface area contributed by atoms with Gasteiger partial charge in [-0.1, -0.05) is 44.0 Å². The molecule has 0 aromatic heterocycles. The fourth-order valence-electron chi connectivity index (χ4n) is 3.05. The third-order valence-electron chi connectivity index (χ3n) is 4.31. The zero-order valence-electron chi connectivity index (χ0n) is 11.4. The van der Waals surface area contributed by atoms with Crippen LogP contribution >= 0.6 is 0 Å². The van der Waals surface area contributed by atoms with E-state index >= 15 is 0 Å². The van der Waals surface area contributed by atoms with Gasteiger partial charge < -0.3 is 10.4 Å². The van der Waals surface area contributed by atoms with Gasteiger partial charge in [-0.15, -0.1) is 0 Å². The first-order valence-electron chi connectivity index (χ1n) is 7.18. The van der Waals surface area contributed by atoms with E-state index in [1.807, 2.05) is 0 Å². The number of aryl methyl sites for hydroxylation is 1. The Hall–Kier alpha value is -0.860. The fraction of sp³-hybridized carbons (Fsp3) is 0.625. The molecule has 0 bridgehead atoms. The number of aliphatic hydroxyl groups is 1. The Morgan fingerprint density at radius 1 is 1.17 bits per heavy atom. The average molecular weight is 247 g/mol. The molecule has 1 aliphatic carbocycles. The number of hydrogen-bond acceptors (Lipinski definition) is 2. The summed E-state index contributed by atoms with van der Waals surface area (Å²) in [5, 5.41) is 13.1. The summed E-state index contributed by atoms with van der Waals surface area (Å²) in [6.45, 7) is 4.40. The van der Waals surface area contributed by atoms with Crippen LogP contribution in [0.5, 0.6) is 0 Å². The molecule has 1 aromatic rings. The molecule has 2 rings (SSSR count).